The summed E-state index contributed by atoms with van der Waals surface area (Å²) in [7, 11) is 0. The van der Waals surface area contributed by atoms with E-state index in [4.69, 9.17) is 14.7 Å². The fourth-order valence-electron chi connectivity index (χ4n) is 5.03. The molecule has 2 N–H and O–H groups in total. The molecule has 0 saturated heterocycles. The molecule has 1 aliphatic carbocycles. The molecule has 6 aromatic rings. The molecule has 184 valence electrons. The first-order chi connectivity index (χ1) is 18.2. The number of aromatic nitrogens is 7. The number of pyridine rings is 3. The van der Waals surface area contributed by atoms with Gasteiger partial charge < -0.3 is 9.72 Å². The highest BCUT2D eigenvalue weighted by Gasteiger charge is 2.19. The zero-order chi connectivity index (χ0) is 24.8. The van der Waals surface area contributed by atoms with Crippen molar-refractivity contribution in [3.63, 3.8) is 0 Å². The molecule has 6 aromatic heterocycles. The molecule has 37 heavy (non-hydrogen) atoms. The van der Waals surface area contributed by atoms with E-state index in [2.05, 4.69) is 44.2 Å². The second-order valence-corrected chi connectivity index (χ2v) is 10.8. The van der Waals surface area contributed by atoms with Crippen molar-refractivity contribution in [3.8, 4) is 39.0 Å². The first-order valence-corrected chi connectivity index (χ1v) is 13.4. The normalized spacial score (nSPS) is 14.5. The van der Waals surface area contributed by atoms with Gasteiger partial charge in [-0.3, -0.25) is 15.1 Å². The molecule has 1 aliphatic rings. The second kappa shape index (κ2) is 9.08. The molecule has 9 heteroatoms. The third kappa shape index (κ3) is 4.15. The Labute approximate surface area is 217 Å². The Hall–Kier alpha value is -4.11. The smallest absolute Gasteiger partial charge is 0.161 e. The van der Waals surface area contributed by atoms with Crippen molar-refractivity contribution in [1.29, 1.82) is 0 Å². The van der Waals surface area contributed by atoms with Crippen LogP contribution in [-0.4, -0.2) is 41.2 Å². The summed E-state index contributed by atoms with van der Waals surface area (Å²) in [5.74, 6) is 1.45. The number of thiophene rings is 1. The van der Waals surface area contributed by atoms with E-state index in [1.807, 2.05) is 30.6 Å². The lowest BCUT2D eigenvalue weighted by atomic mass is 9.98. The van der Waals surface area contributed by atoms with E-state index in [0.29, 0.717) is 11.5 Å². The third-order valence-electron chi connectivity index (χ3n) is 6.90. The number of hydrogen-bond donors (Lipinski definition) is 2. The third-order valence-corrected chi connectivity index (χ3v) is 7.93. The van der Waals surface area contributed by atoms with E-state index in [9.17, 15) is 0 Å². The summed E-state index contributed by atoms with van der Waals surface area (Å²) in [6.45, 7) is 2.10. The van der Waals surface area contributed by atoms with Crippen LogP contribution in [0.1, 0.15) is 37.0 Å². The minimum atomic E-state index is 0.271. The Kier molecular flexibility index (Phi) is 5.43. The lowest BCUT2D eigenvalue weighted by Gasteiger charge is -2.22. The van der Waals surface area contributed by atoms with Gasteiger partial charge in [-0.1, -0.05) is 6.42 Å². The monoisotopic (exact) mass is 507 g/mol. The molecule has 1 saturated carbocycles. The fraction of sp³-hybridized carbons (Fsp3) is 0.250. The van der Waals surface area contributed by atoms with Gasteiger partial charge in [0.2, 0.25) is 0 Å². The van der Waals surface area contributed by atoms with Crippen LogP contribution in [0.25, 0.3) is 55.3 Å². The van der Waals surface area contributed by atoms with Crippen molar-refractivity contribution in [3.05, 3.63) is 60.0 Å². The van der Waals surface area contributed by atoms with Crippen LogP contribution < -0.4 is 4.74 Å². The summed E-state index contributed by atoms with van der Waals surface area (Å²) >= 11 is 1.73. The van der Waals surface area contributed by atoms with Gasteiger partial charge in [0.1, 0.15) is 16.8 Å². The molecule has 0 aliphatic heterocycles. The minimum absolute atomic E-state index is 0.271. The van der Waals surface area contributed by atoms with Crippen molar-refractivity contribution in [2.45, 2.75) is 45.1 Å². The largest absolute Gasteiger partial charge is 0.489 e. The van der Waals surface area contributed by atoms with E-state index in [1.54, 1.807) is 23.7 Å². The van der Waals surface area contributed by atoms with Crippen LogP contribution in [-0.2, 0) is 0 Å². The SMILES string of the molecule is Cc1ccc(-c2cncc3[nH]c(-c4n[nH]c5ccc(-c6cncc(OC7CCCCC7)c6)nc45)nc23)s1. The van der Waals surface area contributed by atoms with Crippen molar-refractivity contribution >= 4 is 33.4 Å². The molecular weight excluding hydrogens is 482 g/mol. The van der Waals surface area contributed by atoms with Gasteiger partial charge in [-0.05, 0) is 62.9 Å². The van der Waals surface area contributed by atoms with Gasteiger partial charge >= 0.3 is 0 Å². The molecule has 0 spiro atoms. The molecule has 0 atom stereocenters. The fourth-order valence-corrected chi connectivity index (χ4v) is 5.91. The zero-order valence-corrected chi connectivity index (χ0v) is 21.2. The quantitative estimate of drug-likeness (QED) is 0.269. The minimum Gasteiger partial charge on any atom is -0.489 e. The predicted octanol–water partition coefficient (Wildman–Crippen LogP) is 6.71. The second-order valence-electron chi connectivity index (χ2n) is 9.53. The van der Waals surface area contributed by atoms with Crippen LogP contribution in [0.2, 0.25) is 0 Å². The summed E-state index contributed by atoms with van der Waals surface area (Å²) in [6, 6.07) is 10.2. The Bertz CT molecular complexity index is 1730. The zero-order valence-electron chi connectivity index (χ0n) is 20.4. The van der Waals surface area contributed by atoms with E-state index in [1.165, 1.54) is 24.1 Å². The van der Waals surface area contributed by atoms with Gasteiger partial charge in [-0.2, -0.15) is 5.10 Å². The van der Waals surface area contributed by atoms with Crippen LogP contribution in [0.3, 0.4) is 0 Å². The predicted molar refractivity (Wildman–Crippen MR) is 146 cm³/mol. The number of ether oxygens (including phenoxy) is 1. The van der Waals surface area contributed by atoms with E-state index >= 15 is 0 Å². The number of rotatable bonds is 5. The molecule has 6 heterocycles. The summed E-state index contributed by atoms with van der Waals surface area (Å²) in [4.78, 5) is 24.5. The maximum absolute atomic E-state index is 6.24. The lowest BCUT2D eigenvalue weighted by molar-refractivity contribution is 0.154. The molecule has 0 bridgehead atoms. The number of H-pyrrole nitrogens is 2. The molecule has 1 fully saturated rings. The Balaban J connectivity index is 1.26. The molecule has 8 nitrogen and oxygen atoms in total. The van der Waals surface area contributed by atoms with Gasteiger partial charge in [-0.25, -0.2) is 9.97 Å². The van der Waals surface area contributed by atoms with Crippen molar-refractivity contribution in [2.75, 3.05) is 0 Å². The van der Waals surface area contributed by atoms with Crippen LogP contribution >= 0.6 is 11.3 Å². The molecule has 7 rings (SSSR count). The first kappa shape index (κ1) is 22.1. The average molecular weight is 508 g/mol. The summed E-state index contributed by atoms with van der Waals surface area (Å²) in [5, 5.41) is 7.66. The number of nitrogens with zero attached hydrogens (tertiary/aromatic N) is 5. The highest BCUT2D eigenvalue weighted by molar-refractivity contribution is 7.15. The van der Waals surface area contributed by atoms with Crippen molar-refractivity contribution in [2.24, 2.45) is 0 Å². The molecule has 0 radical (unpaired) electrons. The summed E-state index contributed by atoms with van der Waals surface area (Å²) in [6.07, 6.45) is 13.5. The molecule has 0 amide bonds. The Morgan fingerprint density at radius 3 is 2.65 bits per heavy atom. The molecular formula is C28H25N7OS. The van der Waals surface area contributed by atoms with Crippen molar-refractivity contribution in [1.82, 2.24) is 35.1 Å². The van der Waals surface area contributed by atoms with Crippen LogP contribution in [0.15, 0.2) is 55.1 Å². The van der Waals surface area contributed by atoms with Gasteiger partial charge in [0.05, 0.1) is 35.2 Å². The van der Waals surface area contributed by atoms with Crippen LogP contribution in [0, 0.1) is 6.92 Å². The van der Waals surface area contributed by atoms with Crippen LogP contribution in [0.5, 0.6) is 5.75 Å². The number of aryl methyl sites for hydroxylation is 1. The maximum Gasteiger partial charge on any atom is 0.161 e. The maximum atomic E-state index is 6.24. The van der Waals surface area contributed by atoms with E-state index in [0.717, 1.165) is 62.4 Å². The number of hydrogen-bond acceptors (Lipinski definition) is 7. The first-order valence-electron chi connectivity index (χ1n) is 12.6. The van der Waals surface area contributed by atoms with Gasteiger partial charge in [0.25, 0.3) is 0 Å². The average Bonchev–Trinajstić information content (AvgIpc) is 3.66. The van der Waals surface area contributed by atoms with Gasteiger partial charge in [0, 0.05) is 33.3 Å². The number of fused-ring (bicyclic) bond motifs is 2. The summed E-state index contributed by atoms with van der Waals surface area (Å²) < 4.78 is 6.24. The van der Waals surface area contributed by atoms with Gasteiger partial charge in [-0.15, -0.1) is 11.3 Å². The Morgan fingerprint density at radius 1 is 0.892 bits per heavy atom. The topological polar surface area (TPSA) is 105 Å². The number of aromatic amines is 2. The summed E-state index contributed by atoms with van der Waals surface area (Å²) in [5.41, 5.74) is 6.72. The number of imidazole rings is 1. The molecule has 0 unspecified atom stereocenters. The van der Waals surface area contributed by atoms with Crippen LogP contribution in [0.4, 0.5) is 0 Å². The standard InChI is InChI=1S/C28H25N7OS/c1-16-7-10-24(37-16)20-14-30-15-23-25(20)33-28(32-23)27-26-22(34-35-27)9-8-21(31-26)17-11-19(13-29-12-17)36-18-5-3-2-4-6-18/h7-15,18H,2-6H2,1H3,(H,32,33)(H,34,35). The molecule has 0 aromatic carbocycles. The van der Waals surface area contributed by atoms with E-state index in [-0.39, 0.29) is 6.10 Å². The van der Waals surface area contributed by atoms with Gasteiger partial charge in [0.15, 0.2) is 11.5 Å². The highest BCUT2D eigenvalue weighted by atomic mass is 32.1. The lowest BCUT2D eigenvalue weighted by Crippen LogP contribution is -2.19. The highest BCUT2D eigenvalue weighted by Crippen LogP contribution is 2.34. The number of nitrogens with one attached hydrogen (secondary N) is 2. The van der Waals surface area contributed by atoms with Crippen molar-refractivity contribution < 1.29 is 4.74 Å². The van der Waals surface area contributed by atoms with E-state index < -0.39 is 0 Å². The Morgan fingerprint density at radius 2 is 1.78 bits per heavy atom.